The van der Waals surface area contributed by atoms with Crippen LogP contribution in [-0.4, -0.2) is 109 Å². The van der Waals surface area contributed by atoms with Crippen molar-refractivity contribution < 1.29 is 39.8 Å². The van der Waals surface area contributed by atoms with Gasteiger partial charge in [-0.3, -0.25) is 0 Å². The summed E-state index contributed by atoms with van der Waals surface area (Å²) in [5, 5.41) is 0. The van der Waals surface area contributed by atoms with E-state index in [1.807, 2.05) is 104 Å². The molecule has 324 valence electrons. The fraction of sp³-hybridized carbons (Fsp3) is 1.00. The van der Waals surface area contributed by atoms with Gasteiger partial charge in [-0.05, 0) is 145 Å². The van der Waals surface area contributed by atoms with E-state index in [2.05, 4.69) is 20.8 Å². The summed E-state index contributed by atoms with van der Waals surface area (Å²) in [5.74, 6) is 6.87. The van der Waals surface area contributed by atoms with Crippen molar-refractivity contribution in [2.24, 2.45) is 17.8 Å². The van der Waals surface area contributed by atoms with Gasteiger partial charge in [0.2, 0.25) is 0 Å². The molecule has 0 bridgehead atoms. The van der Waals surface area contributed by atoms with E-state index in [-0.39, 0.29) is 0 Å². The third-order valence-electron chi connectivity index (χ3n) is 9.14. The number of hydrogen-bond acceptors (Lipinski definition) is 15. The zero-order valence-corrected chi connectivity index (χ0v) is 43.2. The van der Waals surface area contributed by atoms with Gasteiger partial charge in [0.25, 0.3) is 0 Å². The van der Waals surface area contributed by atoms with E-state index in [0.717, 1.165) is 66.7 Å². The van der Waals surface area contributed by atoms with Crippen LogP contribution in [0.25, 0.3) is 0 Å². The Balaban J connectivity index is 2.64. The van der Waals surface area contributed by atoms with Crippen LogP contribution in [0.1, 0.15) is 114 Å². The van der Waals surface area contributed by atoms with Crippen LogP contribution < -0.4 is 0 Å². The molecule has 0 aromatic carbocycles. The van der Waals surface area contributed by atoms with Gasteiger partial charge in [-0.1, -0.05) is 49.6 Å². The molecule has 1 rings (SSSR count). The molecule has 9 nitrogen and oxygen atoms in total. The highest BCUT2D eigenvalue weighted by Gasteiger charge is 2.42. The smallest absolute Gasteiger partial charge is 0.374 e. The van der Waals surface area contributed by atoms with Gasteiger partial charge in [0.05, 0.1) is 0 Å². The van der Waals surface area contributed by atoms with Crippen LogP contribution >= 0.6 is 62.8 Å². The average molecular weight is 932 g/mol. The molecule has 0 aromatic rings. The molecule has 0 saturated heterocycles. The first-order valence-electron chi connectivity index (χ1n) is 20.9. The summed E-state index contributed by atoms with van der Waals surface area (Å²) in [6.45, 7) is 24.1. The van der Waals surface area contributed by atoms with Gasteiger partial charge in [0.15, 0.2) is 0 Å². The SMILES string of the molecule is CCO[Si](CCCSSSCCC1CCC(CC[Si](OCC)(OCC)OCC)CC1CCSSSCCC[Si](OCC)(OCC)OCC)(OCC)OCC. The highest BCUT2D eigenvalue weighted by Crippen LogP contribution is 2.45. The van der Waals surface area contributed by atoms with Crippen molar-refractivity contribution in [3.8, 4) is 0 Å². The highest BCUT2D eigenvalue weighted by molar-refractivity contribution is 9.09. The third-order valence-corrected chi connectivity index (χ3v) is 27.3. The van der Waals surface area contributed by atoms with Gasteiger partial charge in [0, 0.05) is 101 Å². The van der Waals surface area contributed by atoms with Crippen molar-refractivity contribution in [1.82, 2.24) is 0 Å². The zero-order valence-electron chi connectivity index (χ0n) is 35.3. The van der Waals surface area contributed by atoms with Crippen molar-refractivity contribution >= 4 is 89.2 Å². The summed E-state index contributed by atoms with van der Waals surface area (Å²) in [6.07, 6.45) is 9.80. The zero-order chi connectivity index (χ0) is 39.8. The molecule has 0 aliphatic heterocycles. The maximum Gasteiger partial charge on any atom is 0.500 e. The molecule has 0 spiro atoms. The summed E-state index contributed by atoms with van der Waals surface area (Å²) in [4.78, 5) is 0. The van der Waals surface area contributed by atoms with Crippen LogP contribution in [0.5, 0.6) is 0 Å². The minimum atomic E-state index is -2.61. The summed E-state index contributed by atoms with van der Waals surface area (Å²) in [5.41, 5.74) is 0. The molecule has 3 unspecified atom stereocenters. The van der Waals surface area contributed by atoms with Crippen molar-refractivity contribution in [2.45, 2.75) is 132 Å². The first kappa shape index (κ1) is 54.4. The Labute approximate surface area is 358 Å². The minimum absolute atomic E-state index is 0.639. The molecule has 0 amide bonds. The van der Waals surface area contributed by atoms with E-state index in [0.29, 0.717) is 59.5 Å². The fourth-order valence-corrected chi connectivity index (χ4v) is 23.5. The first-order valence-corrected chi connectivity index (χ1v) is 34.3. The molecule has 0 N–H and O–H groups in total. The van der Waals surface area contributed by atoms with Crippen LogP contribution in [-0.2, 0) is 39.8 Å². The number of rotatable bonds is 39. The van der Waals surface area contributed by atoms with E-state index < -0.39 is 26.4 Å². The lowest BCUT2D eigenvalue weighted by Gasteiger charge is -2.37. The second-order valence-electron chi connectivity index (χ2n) is 12.9. The quantitative estimate of drug-likeness (QED) is 0.0333. The fourth-order valence-electron chi connectivity index (χ4n) is 7.10. The van der Waals surface area contributed by atoms with Gasteiger partial charge >= 0.3 is 26.4 Å². The summed E-state index contributed by atoms with van der Waals surface area (Å²) < 4.78 is 54.9. The van der Waals surface area contributed by atoms with Crippen LogP contribution in [0, 0.1) is 17.8 Å². The van der Waals surface area contributed by atoms with Crippen LogP contribution in [0.15, 0.2) is 0 Å². The third kappa shape index (κ3) is 23.4. The summed E-state index contributed by atoms with van der Waals surface area (Å²) >= 11 is 0. The maximum absolute atomic E-state index is 6.22. The summed E-state index contributed by atoms with van der Waals surface area (Å²) in [6, 6.07) is 2.71. The van der Waals surface area contributed by atoms with E-state index in [9.17, 15) is 0 Å². The van der Waals surface area contributed by atoms with Gasteiger partial charge in [0.1, 0.15) is 0 Å². The molecular weight excluding hydrogens is 853 g/mol. The standard InChI is InChI=1S/C36H78O9S6Si3/c1-10-37-52(38-11-2,39-12-3)30-19-26-46-50-48-28-23-35-22-21-34(25-32-54(43-16-7,44-17-8)45-18-9)33-36(35)24-29-49-51-47-27-20-31-53(40-13-4,41-14-5)42-15-6/h34-36H,10-33H2,1-9H3. The Kier molecular flexibility index (Phi) is 35.3. The highest BCUT2D eigenvalue weighted by atomic mass is 33.5. The first-order chi connectivity index (χ1) is 26.3. The molecule has 1 aliphatic carbocycles. The molecule has 0 heterocycles. The average Bonchev–Trinajstić information content (AvgIpc) is 3.14. The van der Waals surface area contributed by atoms with E-state index >= 15 is 0 Å². The van der Waals surface area contributed by atoms with Crippen LogP contribution in [0.3, 0.4) is 0 Å². The van der Waals surface area contributed by atoms with Gasteiger partial charge in [-0.2, -0.15) is 0 Å². The lowest BCUT2D eigenvalue weighted by molar-refractivity contribution is 0.0671. The monoisotopic (exact) mass is 930 g/mol. The van der Waals surface area contributed by atoms with Crippen LogP contribution in [0.4, 0.5) is 0 Å². The second kappa shape index (κ2) is 35.0. The molecule has 1 saturated carbocycles. The summed E-state index contributed by atoms with van der Waals surface area (Å²) in [7, 11) is 4.21. The van der Waals surface area contributed by atoms with E-state index in [1.54, 1.807) is 0 Å². The van der Waals surface area contributed by atoms with Crippen molar-refractivity contribution in [2.75, 3.05) is 82.5 Å². The number of hydrogen-bond donors (Lipinski definition) is 0. The van der Waals surface area contributed by atoms with E-state index in [4.69, 9.17) is 39.8 Å². The Morgan fingerprint density at radius 3 is 1.09 bits per heavy atom. The Morgan fingerprint density at radius 1 is 0.389 bits per heavy atom. The second-order valence-corrected chi connectivity index (χ2v) is 30.0. The topological polar surface area (TPSA) is 83.1 Å². The normalized spacial score (nSPS) is 18.5. The largest absolute Gasteiger partial charge is 0.500 e. The maximum atomic E-state index is 6.22. The lowest BCUT2D eigenvalue weighted by atomic mass is 9.71. The van der Waals surface area contributed by atoms with Gasteiger partial charge in [-0.15, -0.1) is 0 Å². The van der Waals surface area contributed by atoms with Gasteiger partial charge in [-0.25, -0.2) is 0 Å². The predicted octanol–water partition coefficient (Wildman–Crippen LogP) is 12.2. The van der Waals surface area contributed by atoms with Crippen molar-refractivity contribution in [3.05, 3.63) is 0 Å². The molecule has 0 aromatic heterocycles. The predicted molar refractivity (Wildman–Crippen MR) is 249 cm³/mol. The molecule has 1 fully saturated rings. The van der Waals surface area contributed by atoms with Crippen LogP contribution in [0.2, 0.25) is 18.1 Å². The van der Waals surface area contributed by atoms with Crippen molar-refractivity contribution in [1.29, 1.82) is 0 Å². The Hall–Kier alpha value is 2.39. The van der Waals surface area contributed by atoms with Gasteiger partial charge < -0.3 is 39.8 Å². The van der Waals surface area contributed by atoms with Crippen molar-refractivity contribution in [3.63, 3.8) is 0 Å². The molecular formula is C36H78O9S6Si3. The van der Waals surface area contributed by atoms with E-state index in [1.165, 1.54) is 43.6 Å². The molecule has 18 heteroatoms. The Morgan fingerprint density at radius 2 is 0.722 bits per heavy atom. The molecule has 0 radical (unpaired) electrons. The Bertz CT molecular complexity index is 817. The minimum Gasteiger partial charge on any atom is -0.374 e. The molecule has 1 aliphatic rings. The molecule has 54 heavy (non-hydrogen) atoms. The molecule has 3 atom stereocenters. The lowest BCUT2D eigenvalue weighted by Crippen LogP contribution is -2.46.